The molecule has 0 saturated carbocycles. The van der Waals surface area contributed by atoms with Gasteiger partial charge < -0.3 is 5.32 Å². The molecule has 0 radical (unpaired) electrons. The van der Waals surface area contributed by atoms with Crippen LogP contribution in [0.25, 0.3) is 5.69 Å². The smallest absolute Gasteiger partial charge is 0.229 e. The normalized spacial score (nSPS) is 10.6. The maximum absolute atomic E-state index is 12.5. The number of para-hydroxylation sites is 1. The molecule has 1 aromatic heterocycles. The summed E-state index contributed by atoms with van der Waals surface area (Å²) in [5, 5.41) is 7.45. The number of carbonyl (C=O) groups excluding carboxylic acids is 1. The van der Waals surface area contributed by atoms with Crippen molar-refractivity contribution in [2.75, 3.05) is 5.32 Å². The van der Waals surface area contributed by atoms with Crippen molar-refractivity contribution in [2.45, 2.75) is 27.2 Å². The zero-order valence-corrected chi connectivity index (χ0v) is 14.2. The van der Waals surface area contributed by atoms with Crippen LogP contribution in [-0.4, -0.2) is 15.7 Å². The number of amides is 1. The molecular formula is C20H21N3O. The Bertz CT molecular complexity index is 866. The highest BCUT2D eigenvalue weighted by atomic mass is 16.1. The summed E-state index contributed by atoms with van der Waals surface area (Å²) in [5.74, 6) is 0.646. The van der Waals surface area contributed by atoms with Crippen LogP contribution in [0.15, 0.2) is 54.6 Å². The minimum Gasteiger partial charge on any atom is -0.310 e. The van der Waals surface area contributed by atoms with E-state index < -0.39 is 0 Å². The number of nitrogens with zero attached hydrogens (tertiary/aromatic N) is 2. The fourth-order valence-corrected chi connectivity index (χ4v) is 2.76. The number of rotatable bonds is 4. The van der Waals surface area contributed by atoms with Crippen molar-refractivity contribution < 1.29 is 4.79 Å². The molecule has 0 aliphatic rings. The van der Waals surface area contributed by atoms with Crippen LogP contribution < -0.4 is 5.32 Å². The fraction of sp³-hybridized carbons (Fsp3) is 0.200. The molecule has 0 unspecified atom stereocenters. The van der Waals surface area contributed by atoms with Gasteiger partial charge in [0.05, 0.1) is 17.8 Å². The Hall–Kier alpha value is -2.88. The van der Waals surface area contributed by atoms with Crippen molar-refractivity contribution >= 4 is 11.7 Å². The Labute approximate surface area is 142 Å². The predicted molar refractivity (Wildman–Crippen MR) is 96.6 cm³/mol. The fourth-order valence-electron chi connectivity index (χ4n) is 2.76. The third-order valence-electron chi connectivity index (χ3n) is 3.95. The minimum atomic E-state index is -0.0426. The summed E-state index contributed by atoms with van der Waals surface area (Å²) in [6, 6.07) is 17.8. The van der Waals surface area contributed by atoms with E-state index in [0.29, 0.717) is 12.2 Å². The Morgan fingerprint density at radius 3 is 2.50 bits per heavy atom. The number of hydrogen-bond acceptors (Lipinski definition) is 2. The predicted octanol–water partition coefficient (Wildman–Crippen LogP) is 3.98. The van der Waals surface area contributed by atoms with Gasteiger partial charge >= 0.3 is 0 Å². The molecule has 1 N–H and O–H groups in total. The molecule has 0 fully saturated rings. The van der Waals surface area contributed by atoms with Crippen LogP contribution in [0.4, 0.5) is 5.82 Å². The van der Waals surface area contributed by atoms with Crippen LogP contribution in [-0.2, 0) is 11.2 Å². The van der Waals surface area contributed by atoms with Crippen LogP contribution in [0, 0.1) is 20.8 Å². The number of anilines is 1. The van der Waals surface area contributed by atoms with E-state index in [-0.39, 0.29) is 5.91 Å². The Kier molecular flexibility index (Phi) is 4.47. The Morgan fingerprint density at radius 1 is 1.04 bits per heavy atom. The van der Waals surface area contributed by atoms with Gasteiger partial charge in [-0.2, -0.15) is 5.10 Å². The first-order chi connectivity index (χ1) is 11.5. The van der Waals surface area contributed by atoms with Crippen molar-refractivity contribution in [2.24, 2.45) is 0 Å². The standard InChI is InChI=1S/C20H21N3O/c1-14-9-10-17(15(2)11-14)13-20(24)21-19-12-16(3)22-23(19)18-7-5-4-6-8-18/h4-12H,13H2,1-3H3,(H,21,24). The quantitative estimate of drug-likeness (QED) is 0.790. The van der Waals surface area contributed by atoms with Crippen molar-refractivity contribution in [3.63, 3.8) is 0 Å². The summed E-state index contributed by atoms with van der Waals surface area (Å²) in [6.45, 7) is 6.01. The van der Waals surface area contributed by atoms with Gasteiger partial charge in [0, 0.05) is 6.07 Å². The first kappa shape index (κ1) is 16.0. The van der Waals surface area contributed by atoms with Gasteiger partial charge in [0.2, 0.25) is 5.91 Å². The van der Waals surface area contributed by atoms with E-state index >= 15 is 0 Å². The van der Waals surface area contributed by atoms with Crippen LogP contribution in [0.5, 0.6) is 0 Å². The Morgan fingerprint density at radius 2 is 1.79 bits per heavy atom. The van der Waals surface area contributed by atoms with E-state index in [1.54, 1.807) is 4.68 Å². The monoisotopic (exact) mass is 319 g/mol. The van der Waals surface area contributed by atoms with Gasteiger partial charge in [0.15, 0.2) is 0 Å². The molecule has 0 atom stereocenters. The second-order valence-electron chi connectivity index (χ2n) is 6.07. The van der Waals surface area contributed by atoms with Crippen molar-refractivity contribution in [1.82, 2.24) is 9.78 Å². The lowest BCUT2D eigenvalue weighted by Crippen LogP contribution is -2.17. The van der Waals surface area contributed by atoms with E-state index in [2.05, 4.69) is 23.4 Å². The second-order valence-corrected chi connectivity index (χ2v) is 6.07. The van der Waals surface area contributed by atoms with Crippen molar-refractivity contribution in [1.29, 1.82) is 0 Å². The highest BCUT2D eigenvalue weighted by molar-refractivity contribution is 5.92. The van der Waals surface area contributed by atoms with E-state index in [1.165, 1.54) is 5.56 Å². The molecule has 2 aromatic carbocycles. The minimum absolute atomic E-state index is 0.0426. The molecular weight excluding hydrogens is 298 g/mol. The number of aromatic nitrogens is 2. The van der Waals surface area contributed by atoms with E-state index in [9.17, 15) is 4.79 Å². The lowest BCUT2D eigenvalue weighted by Gasteiger charge is -2.10. The number of aryl methyl sites for hydroxylation is 3. The van der Waals surface area contributed by atoms with Crippen LogP contribution in [0.3, 0.4) is 0 Å². The van der Waals surface area contributed by atoms with Gasteiger partial charge in [-0.1, -0.05) is 42.0 Å². The van der Waals surface area contributed by atoms with Crippen LogP contribution >= 0.6 is 0 Å². The number of benzene rings is 2. The average molecular weight is 319 g/mol. The van der Waals surface area contributed by atoms with Gasteiger partial charge in [-0.15, -0.1) is 0 Å². The van der Waals surface area contributed by atoms with Gasteiger partial charge in [-0.3, -0.25) is 4.79 Å². The molecule has 0 aliphatic carbocycles. The summed E-state index contributed by atoms with van der Waals surface area (Å²) in [5.41, 5.74) is 5.17. The molecule has 24 heavy (non-hydrogen) atoms. The second kappa shape index (κ2) is 6.71. The van der Waals surface area contributed by atoms with Crippen molar-refractivity contribution in [3.05, 3.63) is 77.0 Å². The zero-order valence-electron chi connectivity index (χ0n) is 14.2. The average Bonchev–Trinajstić information content (AvgIpc) is 2.91. The molecule has 0 bridgehead atoms. The van der Waals surface area contributed by atoms with Crippen LogP contribution in [0.2, 0.25) is 0 Å². The molecule has 3 aromatic rings. The summed E-state index contributed by atoms with van der Waals surface area (Å²) in [7, 11) is 0. The van der Waals surface area contributed by atoms with Crippen molar-refractivity contribution in [3.8, 4) is 5.69 Å². The lowest BCUT2D eigenvalue weighted by molar-refractivity contribution is -0.115. The number of nitrogens with one attached hydrogen (secondary N) is 1. The van der Waals surface area contributed by atoms with E-state index in [4.69, 9.17) is 0 Å². The topological polar surface area (TPSA) is 46.9 Å². The van der Waals surface area contributed by atoms with E-state index in [0.717, 1.165) is 22.5 Å². The third kappa shape index (κ3) is 3.54. The highest BCUT2D eigenvalue weighted by Crippen LogP contribution is 2.18. The molecule has 4 nitrogen and oxygen atoms in total. The molecule has 0 spiro atoms. The van der Waals surface area contributed by atoms with Gasteiger partial charge in [0.25, 0.3) is 0 Å². The molecule has 1 amide bonds. The third-order valence-corrected chi connectivity index (χ3v) is 3.95. The molecule has 0 saturated heterocycles. The van der Waals surface area contributed by atoms with E-state index in [1.807, 2.05) is 62.4 Å². The maximum Gasteiger partial charge on any atom is 0.229 e. The largest absolute Gasteiger partial charge is 0.310 e. The first-order valence-electron chi connectivity index (χ1n) is 8.01. The molecule has 0 aliphatic heterocycles. The number of carbonyl (C=O) groups is 1. The molecule has 1 heterocycles. The molecule has 3 rings (SSSR count). The summed E-state index contributed by atoms with van der Waals surface area (Å²) in [4.78, 5) is 12.5. The molecule has 122 valence electrons. The van der Waals surface area contributed by atoms with Gasteiger partial charge in [-0.25, -0.2) is 4.68 Å². The SMILES string of the molecule is Cc1ccc(CC(=O)Nc2cc(C)nn2-c2ccccc2)c(C)c1. The summed E-state index contributed by atoms with van der Waals surface area (Å²) in [6.07, 6.45) is 0.352. The zero-order chi connectivity index (χ0) is 17.1. The molecule has 4 heteroatoms. The summed E-state index contributed by atoms with van der Waals surface area (Å²) < 4.78 is 1.76. The summed E-state index contributed by atoms with van der Waals surface area (Å²) >= 11 is 0. The maximum atomic E-state index is 12.5. The Balaban J connectivity index is 1.80. The van der Waals surface area contributed by atoms with Crippen LogP contribution in [0.1, 0.15) is 22.4 Å². The lowest BCUT2D eigenvalue weighted by atomic mass is 10.0. The highest BCUT2D eigenvalue weighted by Gasteiger charge is 2.12. The van der Waals surface area contributed by atoms with Gasteiger partial charge in [0.1, 0.15) is 5.82 Å². The number of hydrogen-bond donors (Lipinski definition) is 1. The van der Waals surface area contributed by atoms with Gasteiger partial charge in [-0.05, 0) is 44.0 Å². The first-order valence-corrected chi connectivity index (χ1v) is 8.01.